The summed E-state index contributed by atoms with van der Waals surface area (Å²) < 4.78 is 5.75. The molecule has 0 amide bonds. The molecule has 1 aromatic rings. The number of benzene rings is 1. The number of ether oxygens (including phenoxy) is 1. The van der Waals surface area contributed by atoms with Gasteiger partial charge in [0.1, 0.15) is 5.75 Å². The highest BCUT2D eigenvalue weighted by atomic mass is 16.5. The van der Waals surface area contributed by atoms with Gasteiger partial charge in [0.2, 0.25) is 0 Å². The Morgan fingerprint density at radius 2 is 1.76 bits per heavy atom. The first-order valence-electron chi connectivity index (χ1n) is 7.91. The highest BCUT2D eigenvalue weighted by Crippen LogP contribution is 2.17. The summed E-state index contributed by atoms with van der Waals surface area (Å²) >= 11 is 0. The first kappa shape index (κ1) is 16.3. The Balaban J connectivity index is 1.83. The Bertz CT molecular complexity index is 427. The van der Waals surface area contributed by atoms with Gasteiger partial charge in [-0.05, 0) is 38.5 Å². The van der Waals surface area contributed by atoms with Crippen molar-refractivity contribution in [3.8, 4) is 5.75 Å². The van der Waals surface area contributed by atoms with Crippen LogP contribution in [0.15, 0.2) is 24.3 Å². The largest absolute Gasteiger partial charge is 0.491 e. The van der Waals surface area contributed by atoms with Crippen molar-refractivity contribution >= 4 is 0 Å². The van der Waals surface area contributed by atoms with E-state index in [1.807, 2.05) is 26.8 Å². The van der Waals surface area contributed by atoms with Crippen LogP contribution in [0, 0.1) is 0 Å². The second-order valence-corrected chi connectivity index (χ2v) is 6.24. The van der Waals surface area contributed by atoms with Crippen LogP contribution in [-0.4, -0.2) is 59.8 Å². The zero-order chi connectivity index (χ0) is 15.2. The lowest BCUT2D eigenvalue weighted by Crippen LogP contribution is -2.47. The summed E-state index contributed by atoms with van der Waals surface area (Å²) in [5.74, 6) is 0.954. The molecular formula is C17H28N2O2. The number of hydrogen-bond acceptors (Lipinski definition) is 4. The van der Waals surface area contributed by atoms with Crippen LogP contribution in [0.2, 0.25) is 0 Å². The number of piperazine rings is 1. The molecule has 21 heavy (non-hydrogen) atoms. The fourth-order valence-corrected chi connectivity index (χ4v) is 2.75. The quantitative estimate of drug-likeness (QED) is 0.869. The van der Waals surface area contributed by atoms with Gasteiger partial charge in [-0.15, -0.1) is 0 Å². The topological polar surface area (TPSA) is 35.9 Å². The van der Waals surface area contributed by atoms with Gasteiger partial charge in [0, 0.05) is 39.3 Å². The molecule has 0 spiro atoms. The Morgan fingerprint density at radius 1 is 1.10 bits per heavy atom. The van der Waals surface area contributed by atoms with E-state index in [9.17, 15) is 5.11 Å². The van der Waals surface area contributed by atoms with Crippen LogP contribution < -0.4 is 4.74 Å². The minimum atomic E-state index is -0.235. The second kappa shape index (κ2) is 7.78. The van der Waals surface area contributed by atoms with Crippen molar-refractivity contribution in [3.05, 3.63) is 29.8 Å². The number of hydrogen-bond donors (Lipinski definition) is 1. The van der Waals surface area contributed by atoms with E-state index in [-0.39, 0.29) is 12.2 Å². The second-order valence-electron chi connectivity index (χ2n) is 6.24. The summed E-state index contributed by atoms with van der Waals surface area (Å²) in [6, 6.07) is 8.39. The lowest BCUT2D eigenvalue weighted by Gasteiger charge is -2.35. The lowest BCUT2D eigenvalue weighted by atomic mass is 10.2. The van der Waals surface area contributed by atoms with Crippen LogP contribution in [0.4, 0.5) is 0 Å². The molecule has 0 aromatic heterocycles. The number of aliphatic hydroxyl groups is 1. The molecule has 0 bridgehead atoms. The zero-order valence-electron chi connectivity index (χ0n) is 13.5. The Hall–Kier alpha value is -1.10. The standard InChI is InChI=1S/C17H28N2O2/c1-14(2)21-17-6-4-5-16(11-17)13-19-9-7-18(8-10-19)12-15(3)20/h4-6,11,14-15,20H,7-10,12-13H2,1-3H3/t15-/m0/s1. The zero-order valence-corrected chi connectivity index (χ0v) is 13.5. The van der Waals surface area contributed by atoms with Crippen molar-refractivity contribution < 1.29 is 9.84 Å². The average Bonchev–Trinajstić information content (AvgIpc) is 2.40. The predicted octanol–water partition coefficient (Wildman–Crippen LogP) is 1.97. The van der Waals surface area contributed by atoms with Crippen molar-refractivity contribution in [1.29, 1.82) is 0 Å². The molecule has 1 aromatic carbocycles. The maximum absolute atomic E-state index is 9.44. The smallest absolute Gasteiger partial charge is 0.120 e. The molecule has 2 rings (SSSR count). The molecule has 0 aliphatic carbocycles. The maximum Gasteiger partial charge on any atom is 0.120 e. The van der Waals surface area contributed by atoms with Crippen LogP contribution in [0.5, 0.6) is 5.75 Å². The number of nitrogens with zero attached hydrogens (tertiary/aromatic N) is 2. The van der Waals surface area contributed by atoms with E-state index < -0.39 is 0 Å². The molecule has 1 aliphatic rings. The number of β-amino-alcohol motifs (C(OH)–C–C–N with tert-alkyl or cyclic N) is 1. The molecule has 1 fully saturated rings. The third kappa shape index (κ3) is 5.65. The molecule has 1 atom stereocenters. The van der Waals surface area contributed by atoms with Gasteiger partial charge in [-0.25, -0.2) is 0 Å². The van der Waals surface area contributed by atoms with Crippen LogP contribution >= 0.6 is 0 Å². The van der Waals surface area contributed by atoms with Gasteiger partial charge in [-0.1, -0.05) is 12.1 Å². The number of rotatable bonds is 6. The third-order valence-corrected chi connectivity index (χ3v) is 3.66. The molecule has 1 N–H and O–H groups in total. The third-order valence-electron chi connectivity index (χ3n) is 3.66. The molecule has 118 valence electrons. The summed E-state index contributed by atoms with van der Waals surface area (Å²) in [5.41, 5.74) is 1.30. The van der Waals surface area contributed by atoms with Crippen molar-refractivity contribution in [1.82, 2.24) is 9.80 Å². The first-order chi connectivity index (χ1) is 10.0. The van der Waals surface area contributed by atoms with Crippen LogP contribution in [0.1, 0.15) is 26.3 Å². The van der Waals surface area contributed by atoms with Gasteiger partial charge in [0.15, 0.2) is 0 Å². The van der Waals surface area contributed by atoms with E-state index in [1.165, 1.54) is 5.56 Å². The Kier molecular flexibility index (Phi) is 6.03. The molecule has 1 aliphatic heterocycles. The van der Waals surface area contributed by atoms with Crippen LogP contribution in [0.25, 0.3) is 0 Å². The normalized spacial score (nSPS) is 18.9. The predicted molar refractivity (Wildman–Crippen MR) is 85.6 cm³/mol. The Morgan fingerprint density at radius 3 is 2.38 bits per heavy atom. The van der Waals surface area contributed by atoms with E-state index in [2.05, 4.69) is 28.0 Å². The first-order valence-corrected chi connectivity index (χ1v) is 7.91. The van der Waals surface area contributed by atoms with Crippen molar-refractivity contribution in [3.63, 3.8) is 0 Å². The van der Waals surface area contributed by atoms with Gasteiger partial charge in [-0.2, -0.15) is 0 Å². The average molecular weight is 292 g/mol. The fourth-order valence-electron chi connectivity index (χ4n) is 2.75. The molecule has 4 heteroatoms. The molecule has 0 radical (unpaired) electrons. The summed E-state index contributed by atoms with van der Waals surface area (Å²) in [5, 5.41) is 9.44. The molecule has 0 unspecified atom stereocenters. The van der Waals surface area contributed by atoms with Gasteiger partial charge in [0.25, 0.3) is 0 Å². The van der Waals surface area contributed by atoms with E-state index in [0.29, 0.717) is 0 Å². The summed E-state index contributed by atoms with van der Waals surface area (Å²) in [7, 11) is 0. The monoisotopic (exact) mass is 292 g/mol. The van der Waals surface area contributed by atoms with E-state index in [4.69, 9.17) is 4.74 Å². The number of aliphatic hydroxyl groups excluding tert-OH is 1. The van der Waals surface area contributed by atoms with Gasteiger partial charge in [-0.3, -0.25) is 9.80 Å². The Labute approximate surface area is 128 Å². The minimum absolute atomic E-state index is 0.212. The van der Waals surface area contributed by atoms with E-state index in [0.717, 1.165) is 45.0 Å². The van der Waals surface area contributed by atoms with Crippen LogP contribution in [0.3, 0.4) is 0 Å². The molecule has 0 saturated carbocycles. The lowest BCUT2D eigenvalue weighted by molar-refractivity contribution is 0.0780. The SMILES string of the molecule is CC(C)Oc1cccc(CN2CCN(C[C@H](C)O)CC2)c1. The van der Waals surface area contributed by atoms with Crippen molar-refractivity contribution in [2.75, 3.05) is 32.7 Å². The molecule has 4 nitrogen and oxygen atoms in total. The van der Waals surface area contributed by atoms with Gasteiger partial charge < -0.3 is 9.84 Å². The molecular weight excluding hydrogens is 264 g/mol. The van der Waals surface area contributed by atoms with E-state index >= 15 is 0 Å². The highest BCUT2D eigenvalue weighted by molar-refractivity contribution is 5.28. The summed E-state index contributed by atoms with van der Waals surface area (Å²) in [4.78, 5) is 4.80. The van der Waals surface area contributed by atoms with E-state index in [1.54, 1.807) is 0 Å². The minimum Gasteiger partial charge on any atom is -0.491 e. The maximum atomic E-state index is 9.44. The fraction of sp³-hybridized carbons (Fsp3) is 0.647. The highest BCUT2D eigenvalue weighted by Gasteiger charge is 2.17. The van der Waals surface area contributed by atoms with Gasteiger partial charge >= 0.3 is 0 Å². The van der Waals surface area contributed by atoms with Crippen LogP contribution in [-0.2, 0) is 6.54 Å². The van der Waals surface area contributed by atoms with Crippen molar-refractivity contribution in [2.24, 2.45) is 0 Å². The summed E-state index contributed by atoms with van der Waals surface area (Å²) in [6.07, 6.45) is -0.0225. The molecule has 1 saturated heterocycles. The van der Waals surface area contributed by atoms with Crippen molar-refractivity contribution in [2.45, 2.75) is 39.5 Å². The molecule has 1 heterocycles. The summed E-state index contributed by atoms with van der Waals surface area (Å²) in [6.45, 7) is 11.9. The van der Waals surface area contributed by atoms with Gasteiger partial charge in [0.05, 0.1) is 12.2 Å².